The van der Waals surface area contributed by atoms with Crippen LogP contribution in [0.25, 0.3) is 11.0 Å². The SMILES string of the molecule is CCC(Sc1nc2ncccc2c(=O)n1Cc1ccccc1)C(=O)NC1CCCCC1. The summed E-state index contributed by atoms with van der Waals surface area (Å²) in [4.78, 5) is 35.2. The van der Waals surface area contributed by atoms with Crippen LogP contribution in [0.15, 0.2) is 58.6 Å². The van der Waals surface area contributed by atoms with Gasteiger partial charge in [0.05, 0.1) is 17.2 Å². The lowest BCUT2D eigenvalue weighted by atomic mass is 9.95. The van der Waals surface area contributed by atoms with Crippen molar-refractivity contribution in [3.63, 3.8) is 0 Å². The molecule has 31 heavy (non-hydrogen) atoms. The number of aromatic nitrogens is 3. The summed E-state index contributed by atoms with van der Waals surface area (Å²) in [7, 11) is 0. The number of thioether (sulfide) groups is 1. The molecule has 1 unspecified atom stereocenters. The van der Waals surface area contributed by atoms with Gasteiger partial charge < -0.3 is 5.32 Å². The number of rotatable bonds is 7. The summed E-state index contributed by atoms with van der Waals surface area (Å²) >= 11 is 1.36. The Balaban J connectivity index is 1.65. The van der Waals surface area contributed by atoms with Gasteiger partial charge in [-0.3, -0.25) is 14.2 Å². The van der Waals surface area contributed by atoms with Gasteiger partial charge in [0.15, 0.2) is 10.8 Å². The number of hydrogen-bond acceptors (Lipinski definition) is 5. The molecule has 4 rings (SSSR count). The predicted molar refractivity (Wildman–Crippen MR) is 124 cm³/mol. The molecule has 7 heteroatoms. The van der Waals surface area contributed by atoms with Crippen LogP contribution in [0.4, 0.5) is 0 Å². The number of carbonyl (C=O) groups is 1. The second-order valence-electron chi connectivity index (χ2n) is 8.00. The topological polar surface area (TPSA) is 76.9 Å². The van der Waals surface area contributed by atoms with Crippen molar-refractivity contribution in [1.29, 1.82) is 0 Å². The smallest absolute Gasteiger partial charge is 0.263 e. The minimum Gasteiger partial charge on any atom is -0.352 e. The van der Waals surface area contributed by atoms with Crippen LogP contribution in [-0.2, 0) is 11.3 Å². The lowest BCUT2D eigenvalue weighted by Crippen LogP contribution is -2.41. The summed E-state index contributed by atoms with van der Waals surface area (Å²) in [5, 5.41) is 3.93. The van der Waals surface area contributed by atoms with Gasteiger partial charge in [-0.05, 0) is 37.0 Å². The van der Waals surface area contributed by atoms with E-state index in [2.05, 4.69) is 15.3 Å². The number of hydrogen-bond donors (Lipinski definition) is 1. The maximum absolute atomic E-state index is 13.3. The van der Waals surface area contributed by atoms with Crippen LogP contribution >= 0.6 is 11.8 Å². The fraction of sp³-hybridized carbons (Fsp3) is 0.417. The van der Waals surface area contributed by atoms with E-state index in [9.17, 15) is 9.59 Å². The minimum absolute atomic E-state index is 0.0287. The Morgan fingerprint density at radius 1 is 1.16 bits per heavy atom. The fourth-order valence-electron chi connectivity index (χ4n) is 4.02. The monoisotopic (exact) mass is 436 g/mol. The molecular weight excluding hydrogens is 408 g/mol. The standard InChI is InChI=1S/C24H28N4O2S/c1-2-20(22(29)26-18-12-7-4-8-13-18)31-24-27-21-19(14-9-15-25-21)23(30)28(24)16-17-10-5-3-6-11-17/h3,5-6,9-11,14-15,18,20H,2,4,7-8,12-13,16H2,1H3,(H,26,29). The first-order chi connectivity index (χ1) is 15.2. The molecule has 1 aromatic carbocycles. The molecule has 1 N–H and O–H groups in total. The van der Waals surface area contributed by atoms with Crippen molar-refractivity contribution in [2.75, 3.05) is 0 Å². The Bertz CT molecular complexity index is 1090. The Kier molecular flexibility index (Phi) is 7.02. The third-order valence-corrected chi connectivity index (χ3v) is 7.10. The number of fused-ring (bicyclic) bond motifs is 1. The fourth-order valence-corrected chi connectivity index (χ4v) is 5.03. The van der Waals surface area contributed by atoms with Crippen LogP contribution in [0.1, 0.15) is 51.0 Å². The molecule has 162 valence electrons. The molecule has 0 radical (unpaired) electrons. The van der Waals surface area contributed by atoms with E-state index in [-0.39, 0.29) is 22.8 Å². The lowest BCUT2D eigenvalue weighted by Gasteiger charge is -2.25. The molecular formula is C24H28N4O2S. The van der Waals surface area contributed by atoms with Crippen LogP contribution < -0.4 is 10.9 Å². The maximum atomic E-state index is 13.3. The quantitative estimate of drug-likeness (QED) is 0.445. The van der Waals surface area contributed by atoms with Gasteiger partial charge in [0, 0.05) is 12.2 Å². The highest BCUT2D eigenvalue weighted by atomic mass is 32.2. The predicted octanol–water partition coefficient (Wildman–Crippen LogP) is 4.16. The van der Waals surface area contributed by atoms with Crippen LogP contribution in [-0.4, -0.2) is 31.7 Å². The summed E-state index contributed by atoms with van der Waals surface area (Å²) in [5.74, 6) is 0.0287. The van der Waals surface area contributed by atoms with Gasteiger partial charge in [-0.25, -0.2) is 9.97 Å². The van der Waals surface area contributed by atoms with E-state index >= 15 is 0 Å². The van der Waals surface area contributed by atoms with Crippen LogP contribution in [0.2, 0.25) is 0 Å². The highest BCUT2D eigenvalue weighted by molar-refractivity contribution is 8.00. The molecule has 0 bridgehead atoms. The summed E-state index contributed by atoms with van der Waals surface area (Å²) in [5.41, 5.74) is 1.30. The molecule has 0 aliphatic heterocycles. The zero-order chi connectivity index (χ0) is 21.6. The zero-order valence-electron chi connectivity index (χ0n) is 17.8. The van der Waals surface area contributed by atoms with Crippen LogP contribution in [0, 0.1) is 0 Å². The Labute approximate surface area is 186 Å². The van der Waals surface area contributed by atoms with E-state index in [0.717, 1.165) is 18.4 Å². The highest BCUT2D eigenvalue weighted by Crippen LogP contribution is 2.26. The molecule has 2 heterocycles. The van der Waals surface area contributed by atoms with Crippen molar-refractivity contribution < 1.29 is 4.79 Å². The summed E-state index contributed by atoms with van der Waals surface area (Å²) in [6, 6.07) is 13.6. The van der Waals surface area contributed by atoms with Gasteiger partial charge in [0.2, 0.25) is 5.91 Å². The average molecular weight is 437 g/mol. The van der Waals surface area contributed by atoms with Gasteiger partial charge in [-0.2, -0.15) is 0 Å². The van der Waals surface area contributed by atoms with Gasteiger partial charge in [-0.1, -0.05) is 68.3 Å². The molecule has 1 atom stereocenters. The van der Waals surface area contributed by atoms with E-state index in [1.54, 1.807) is 22.9 Å². The molecule has 1 fully saturated rings. The molecule has 6 nitrogen and oxygen atoms in total. The minimum atomic E-state index is -0.308. The van der Waals surface area contributed by atoms with E-state index < -0.39 is 0 Å². The third kappa shape index (κ3) is 5.15. The normalized spacial score (nSPS) is 15.6. The molecule has 1 saturated carbocycles. The number of amides is 1. The number of carbonyl (C=O) groups excluding carboxylic acids is 1. The summed E-state index contributed by atoms with van der Waals surface area (Å²) in [6.45, 7) is 2.40. The Morgan fingerprint density at radius 2 is 1.94 bits per heavy atom. The first-order valence-electron chi connectivity index (χ1n) is 11.0. The summed E-state index contributed by atoms with van der Waals surface area (Å²) in [6.07, 6.45) is 7.97. The summed E-state index contributed by atoms with van der Waals surface area (Å²) < 4.78 is 1.67. The second-order valence-corrected chi connectivity index (χ2v) is 9.17. The van der Waals surface area contributed by atoms with E-state index in [1.165, 1.54) is 31.0 Å². The number of pyridine rings is 1. The van der Waals surface area contributed by atoms with Crippen LogP contribution in [0.3, 0.4) is 0 Å². The molecule has 2 aromatic heterocycles. The van der Waals surface area contributed by atoms with Crippen molar-refractivity contribution in [2.24, 2.45) is 0 Å². The van der Waals surface area contributed by atoms with Gasteiger partial charge in [0.25, 0.3) is 5.56 Å². The van der Waals surface area contributed by atoms with Crippen molar-refractivity contribution in [3.8, 4) is 0 Å². The zero-order valence-corrected chi connectivity index (χ0v) is 18.6. The third-order valence-electron chi connectivity index (χ3n) is 5.74. The van der Waals surface area contributed by atoms with Crippen molar-refractivity contribution in [2.45, 2.75) is 68.4 Å². The molecule has 1 amide bonds. The number of nitrogens with zero attached hydrogens (tertiary/aromatic N) is 3. The highest BCUT2D eigenvalue weighted by Gasteiger charge is 2.25. The molecule has 0 saturated heterocycles. The van der Waals surface area contributed by atoms with Crippen molar-refractivity contribution >= 4 is 28.7 Å². The first kappa shape index (κ1) is 21.6. The van der Waals surface area contributed by atoms with Crippen molar-refractivity contribution in [3.05, 3.63) is 64.6 Å². The van der Waals surface area contributed by atoms with E-state index in [0.29, 0.717) is 29.2 Å². The molecule has 1 aliphatic rings. The largest absolute Gasteiger partial charge is 0.352 e. The number of nitrogens with one attached hydrogen (secondary N) is 1. The van der Waals surface area contributed by atoms with Crippen LogP contribution in [0.5, 0.6) is 0 Å². The lowest BCUT2D eigenvalue weighted by molar-refractivity contribution is -0.121. The number of benzene rings is 1. The Morgan fingerprint density at radius 3 is 2.68 bits per heavy atom. The van der Waals surface area contributed by atoms with Gasteiger partial charge in [-0.15, -0.1) is 0 Å². The average Bonchev–Trinajstić information content (AvgIpc) is 2.81. The first-order valence-corrected chi connectivity index (χ1v) is 11.9. The van der Waals surface area contributed by atoms with E-state index in [1.807, 2.05) is 37.3 Å². The van der Waals surface area contributed by atoms with Gasteiger partial charge in [0.1, 0.15) is 0 Å². The van der Waals surface area contributed by atoms with Gasteiger partial charge >= 0.3 is 0 Å². The van der Waals surface area contributed by atoms with Crippen molar-refractivity contribution in [1.82, 2.24) is 19.9 Å². The maximum Gasteiger partial charge on any atom is 0.263 e. The molecule has 1 aliphatic carbocycles. The van der Waals surface area contributed by atoms with E-state index in [4.69, 9.17) is 0 Å². The molecule has 0 spiro atoms. The molecule has 3 aromatic rings. The Hall–Kier alpha value is -2.67. The second kappa shape index (κ2) is 10.1.